The molecular weight excluding hydrogens is 288 g/mol. The monoisotopic (exact) mass is 308 g/mol. The number of carbonyl (C=O) groups is 1. The molecule has 1 aliphatic rings. The molecule has 0 amide bonds. The Balaban J connectivity index is 1.75. The molecule has 0 saturated heterocycles. The summed E-state index contributed by atoms with van der Waals surface area (Å²) in [5.41, 5.74) is 1.03. The molecular formula is C19H20N2O2. The van der Waals surface area contributed by atoms with Gasteiger partial charge in [0.05, 0.1) is 23.3 Å². The molecule has 0 aromatic heterocycles. The molecule has 23 heavy (non-hydrogen) atoms. The van der Waals surface area contributed by atoms with Crippen molar-refractivity contribution in [2.75, 3.05) is 0 Å². The third-order valence-electron chi connectivity index (χ3n) is 4.25. The fourth-order valence-corrected chi connectivity index (χ4v) is 2.91. The zero-order valence-electron chi connectivity index (χ0n) is 13.1. The van der Waals surface area contributed by atoms with E-state index < -0.39 is 0 Å². The highest BCUT2D eigenvalue weighted by molar-refractivity contribution is 5.89. The molecule has 4 heteroatoms. The summed E-state index contributed by atoms with van der Waals surface area (Å²) in [6, 6.07) is 10.6. The molecule has 1 aromatic rings. The van der Waals surface area contributed by atoms with Crippen molar-refractivity contribution in [3.8, 4) is 12.1 Å². The van der Waals surface area contributed by atoms with E-state index >= 15 is 0 Å². The van der Waals surface area contributed by atoms with E-state index in [2.05, 4.69) is 0 Å². The van der Waals surface area contributed by atoms with Crippen molar-refractivity contribution in [2.24, 2.45) is 5.92 Å². The van der Waals surface area contributed by atoms with Crippen molar-refractivity contribution >= 4 is 5.97 Å². The van der Waals surface area contributed by atoms with Crippen LogP contribution in [-0.4, -0.2) is 12.1 Å². The molecule has 0 spiro atoms. The van der Waals surface area contributed by atoms with Crippen LogP contribution >= 0.6 is 0 Å². The van der Waals surface area contributed by atoms with Crippen LogP contribution in [0.4, 0.5) is 0 Å². The molecule has 1 saturated carbocycles. The van der Waals surface area contributed by atoms with E-state index in [-0.39, 0.29) is 12.1 Å². The smallest absolute Gasteiger partial charge is 0.338 e. The summed E-state index contributed by atoms with van der Waals surface area (Å²) in [6.07, 6.45) is 9.38. The van der Waals surface area contributed by atoms with Crippen molar-refractivity contribution < 1.29 is 9.53 Å². The van der Waals surface area contributed by atoms with E-state index in [9.17, 15) is 4.79 Å². The quantitative estimate of drug-likeness (QED) is 0.605. The van der Waals surface area contributed by atoms with E-state index in [1.165, 1.54) is 6.08 Å². The first-order chi connectivity index (χ1) is 11.2. The van der Waals surface area contributed by atoms with Gasteiger partial charge in [-0.15, -0.1) is 0 Å². The second kappa shape index (κ2) is 8.76. The van der Waals surface area contributed by atoms with Crippen molar-refractivity contribution in [1.82, 2.24) is 0 Å². The van der Waals surface area contributed by atoms with Gasteiger partial charge in [0.1, 0.15) is 6.10 Å². The lowest BCUT2D eigenvalue weighted by atomic mass is 9.84. The van der Waals surface area contributed by atoms with Crippen molar-refractivity contribution in [1.29, 1.82) is 10.5 Å². The van der Waals surface area contributed by atoms with Gasteiger partial charge in [-0.05, 0) is 68.7 Å². The van der Waals surface area contributed by atoms with Crippen LogP contribution in [0.15, 0.2) is 36.4 Å². The number of ether oxygens (including phenoxy) is 1. The number of rotatable bonds is 5. The Morgan fingerprint density at radius 3 is 2.48 bits per heavy atom. The van der Waals surface area contributed by atoms with Gasteiger partial charge in [0, 0.05) is 6.08 Å². The minimum atomic E-state index is -0.310. The van der Waals surface area contributed by atoms with Crippen LogP contribution in [0.25, 0.3) is 0 Å². The summed E-state index contributed by atoms with van der Waals surface area (Å²) < 4.78 is 5.56. The largest absolute Gasteiger partial charge is 0.459 e. The third kappa shape index (κ3) is 5.27. The average Bonchev–Trinajstić information content (AvgIpc) is 2.60. The fraction of sp³-hybridized carbons (Fsp3) is 0.421. The van der Waals surface area contributed by atoms with Gasteiger partial charge in [0.25, 0.3) is 0 Å². The van der Waals surface area contributed by atoms with Gasteiger partial charge in [-0.25, -0.2) is 4.79 Å². The molecule has 0 radical (unpaired) electrons. The average molecular weight is 308 g/mol. The number of nitriles is 2. The Bertz CT molecular complexity index is 627. The maximum absolute atomic E-state index is 12.1. The summed E-state index contributed by atoms with van der Waals surface area (Å²) in [7, 11) is 0. The van der Waals surface area contributed by atoms with Crippen LogP contribution < -0.4 is 0 Å². The van der Waals surface area contributed by atoms with Crippen LogP contribution in [0.1, 0.15) is 54.4 Å². The summed E-state index contributed by atoms with van der Waals surface area (Å²) in [6.45, 7) is 0. The van der Waals surface area contributed by atoms with E-state index in [1.54, 1.807) is 24.3 Å². The SMILES string of the molecule is N#CC=CCCC1CCC(OC(=O)c2ccc(C#N)cc2)CC1. The molecule has 0 unspecified atom stereocenters. The standard InChI is InChI=1S/C19H20N2O2/c20-13-3-1-2-4-15-7-11-18(12-8-15)23-19(22)17-9-5-16(14-21)6-10-17/h1,3,5-6,9-10,15,18H,2,4,7-8,11-12H2. The highest BCUT2D eigenvalue weighted by Gasteiger charge is 2.23. The fourth-order valence-electron chi connectivity index (χ4n) is 2.91. The first-order valence-corrected chi connectivity index (χ1v) is 7.98. The van der Waals surface area contributed by atoms with Gasteiger partial charge >= 0.3 is 5.97 Å². The van der Waals surface area contributed by atoms with Gasteiger partial charge in [-0.2, -0.15) is 10.5 Å². The van der Waals surface area contributed by atoms with Gasteiger partial charge < -0.3 is 4.74 Å². The molecule has 118 valence electrons. The lowest BCUT2D eigenvalue weighted by molar-refractivity contribution is 0.0162. The number of hydrogen-bond donors (Lipinski definition) is 0. The summed E-state index contributed by atoms with van der Waals surface area (Å²) in [4.78, 5) is 12.1. The number of carbonyl (C=O) groups excluding carboxylic acids is 1. The van der Waals surface area contributed by atoms with Crippen molar-refractivity contribution in [3.05, 3.63) is 47.5 Å². The molecule has 4 nitrogen and oxygen atoms in total. The molecule has 0 N–H and O–H groups in total. The van der Waals surface area contributed by atoms with E-state index in [0.29, 0.717) is 17.0 Å². The highest BCUT2D eigenvalue weighted by Crippen LogP contribution is 2.30. The maximum Gasteiger partial charge on any atom is 0.338 e. The minimum absolute atomic E-state index is 0.0101. The van der Waals surface area contributed by atoms with Crippen LogP contribution in [0.2, 0.25) is 0 Å². The Hall–Kier alpha value is -2.59. The molecule has 1 aliphatic carbocycles. The number of hydrogen-bond acceptors (Lipinski definition) is 4. The van der Waals surface area contributed by atoms with Crippen LogP contribution in [0, 0.1) is 28.6 Å². The van der Waals surface area contributed by atoms with Gasteiger partial charge in [0.2, 0.25) is 0 Å². The normalized spacial score (nSPS) is 20.6. The van der Waals surface area contributed by atoms with Crippen molar-refractivity contribution in [2.45, 2.75) is 44.6 Å². The van der Waals surface area contributed by atoms with E-state index in [1.807, 2.05) is 18.2 Å². The third-order valence-corrected chi connectivity index (χ3v) is 4.25. The van der Waals surface area contributed by atoms with E-state index in [4.69, 9.17) is 15.3 Å². The molecule has 0 atom stereocenters. The Morgan fingerprint density at radius 1 is 1.17 bits per heavy atom. The molecule has 0 heterocycles. The maximum atomic E-state index is 12.1. The Kier molecular flexibility index (Phi) is 6.39. The van der Waals surface area contributed by atoms with Crippen LogP contribution in [0.5, 0.6) is 0 Å². The lowest BCUT2D eigenvalue weighted by Crippen LogP contribution is -2.24. The number of allylic oxidation sites excluding steroid dienone is 2. The Labute approximate surface area is 137 Å². The molecule has 0 aliphatic heterocycles. The molecule has 0 bridgehead atoms. The van der Waals surface area contributed by atoms with Crippen LogP contribution in [0.3, 0.4) is 0 Å². The van der Waals surface area contributed by atoms with E-state index in [0.717, 1.165) is 38.5 Å². The van der Waals surface area contributed by atoms with Gasteiger partial charge in [0.15, 0.2) is 0 Å². The van der Waals surface area contributed by atoms with Gasteiger partial charge in [-0.3, -0.25) is 0 Å². The zero-order chi connectivity index (χ0) is 16.5. The molecule has 1 fully saturated rings. The van der Waals surface area contributed by atoms with Gasteiger partial charge in [-0.1, -0.05) is 6.08 Å². The molecule has 2 rings (SSSR count). The second-order valence-corrected chi connectivity index (χ2v) is 5.85. The topological polar surface area (TPSA) is 73.9 Å². The first kappa shape index (κ1) is 16.8. The number of benzene rings is 1. The highest BCUT2D eigenvalue weighted by atomic mass is 16.5. The second-order valence-electron chi connectivity index (χ2n) is 5.85. The lowest BCUT2D eigenvalue weighted by Gasteiger charge is -2.28. The number of nitrogens with zero attached hydrogens (tertiary/aromatic N) is 2. The molecule has 1 aromatic carbocycles. The predicted molar refractivity (Wildman–Crippen MR) is 86.3 cm³/mol. The minimum Gasteiger partial charge on any atom is -0.459 e. The number of esters is 1. The van der Waals surface area contributed by atoms with Crippen LogP contribution in [-0.2, 0) is 4.74 Å². The summed E-state index contributed by atoms with van der Waals surface area (Å²) in [5, 5.41) is 17.2. The predicted octanol–water partition coefficient (Wildman–Crippen LogP) is 4.13. The summed E-state index contributed by atoms with van der Waals surface area (Å²) >= 11 is 0. The first-order valence-electron chi connectivity index (χ1n) is 7.98. The zero-order valence-corrected chi connectivity index (χ0v) is 13.1. The van der Waals surface area contributed by atoms with Crippen molar-refractivity contribution in [3.63, 3.8) is 0 Å². The summed E-state index contributed by atoms with van der Waals surface area (Å²) in [5.74, 6) is 0.345. The Morgan fingerprint density at radius 2 is 1.87 bits per heavy atom.